The van der Waals surface area contributed by atoms with Gasteiger partial charge in [0, 0.05) is 6.08 Å². The third-order valence-electron chi connectivity index (χ3n) is 1.86. The van der Waals surface area contributed by atoms with Gasteiger partial charge in [-0.15, -0.1) is 0 Å². The monoisotopic (exact) mass is 230 g/mol. The van der Waals surface area contributed by atoms with Gasteiger partial charge in [-0.05, 0) is 18.1 Å². The molecular weight excluding hydrogens is 212 g/mol. The Morgan fingerprint density at radius 2 is 1.53 bits per heavy atom. The average Bonchev–Trinajstić information content (AvgIpc) is 2.39. The van der Waals surface area contributed by atoms with E-state index in [9.17, 15) is 4.79 Å². The van der Waals surface area contributed by atoms with Gasteiger partial charge in [0.25, 0.3) is 0 Å². The summed E-state index contributed by atoms with van der Waals surface area (Å²) in [6, 6.07) is 8.07. The lowest BCUT2D eigenvalue weighted by Gasteiger charge is -1.92. The molecule has 1 rings (SSSR count). The van der Waals surface area contributed by atoms with Crippen LogP contribution in [0.5, 0.6) is 0 Å². The van der Waals surface area contributed by atoms with Crippen LogP contribution >= 0.6 is 0 Å². The number of rotatable bonds is 4. The highest BCUT2D eigenvalue weighted by Crippen LogP contribution is 2.05. The maximum Gasteiger partial charge on any atom is 0.330 e. The van der Waals surface area contributed by atoms with Gasteiger partial charge in [0.1, 0.15) is 0 Å². The predicted molar refractivity (Wildman–Crippen MR) is 73.5 cm³/mol. The number of hydrogen-bond donors (Lipinski definition) is 0. The summed E-state index contributed by atoms with van der Waals surface area (Å²) < 4.78 is 4.43. The summed E-state index contributed by atoms with van der Waals surface area (Å²) in [4.78, 5) is 10.1. The van der Waals surface area contributed by atoms with E-state index in [2.05, 4.69) is 24.5 Å². The third-order valence-corrected chi connectivity index (χ3v) is 1.86. The van der Waals surface area contributed by atoms with Gasteiger partial charge in [-0.1, -0.05) is 56.2 Å². The first-order chi connectivity index (χ1) is 8.17. The molecule has 0 saturated heterocycles. The Morgan fingerprint density at radius 1 is 1.12 bits per heavy atom. The van der Waals surface area contributed by atoms with Crippen LogP contribution in [-0.4, -0.2) is 12.6 Å². The van der Waals surface area contributed by atoms with Crippen LogP contribution < -0.4 is 0 Å². The van der Waals surface area contributed by atoms with Crippen LogP contribution in [0, 0.1) is 0 Å². The number of benzene rings is 1. The van der Waals surface area contributed by atoms with Crippen LogP contribution in [0.2, 0.25) is 0 Å². The van der Waals surface area contributed by atoms with Crippen molar-refractivity contribution in [3.8, 4) is 0 Å². The largest absolute Gasteiger partial charge is 0.463 e. The first-order valence-corrected chi connectivity index (χ1v) is 5.32. The van der Waals surface area contributed by atoms with Gasteiger partial charge in [-0.3, -0.25) is 0 Å². The Bertz CT molecular complexity index is 347. The van der Waals surface area contributed by atoms with Crippen molar-refractivity contribution in [1.29, 1.82) is 0 Å². The third kappa shape index (κ3) is 6.90. The number of carbonyl (C=O) groups excluding carboxylic acids is 1. The van der Waals surface area contributed by atoms with Crippen molar-refractivity contribution < 1.29 is 9.53 Å². The van der Waals surface area contributed by atoms with E-state index in [1.54, 1.807) is 6.92 Å². The van der Waals surface area contributed by atoms with Gasteiger partial charge in [-0.2, -0.15) is 0 Å². The van der Waals surface area contributed by atoms with Gasteiger partial charge < -0.3 is 4.74 Å². The second-order valence-electron chi connectivity index (χ2n) is 3.03. The van der Waals surface area contributed by atoms with Crippen LogP contribution in [0.25, 0.3) is 12.2 Å². The molecule has 0 aliphatic heterocycles. The number of ether oxygens (including phenoxy) is 1. The highest BCUT2D eigenvalue weighted by atomic mass is 16.5. The molecule has 0 bridgehead atoms. The zero-order chi connectivity index (χ0) is 13.1. The molecule has 0 saturated carbocycles. The normalized spacial score (nSPS) is 8.29. The molecule has 0 spiro atoms. The topological polar surface area (TPSA) is 26.3 Å². The first kappa shape index (κ1) is 14.9. The molecule has 0 N–H and O–H groups in total. The first-order valence-electron chi connectivity index (χ1n) is 5.32. The molecule has 0 amide bonds. The fraction of sp³-hybridized carbons (Fsp3) is 0.133. The lowest BCUT2D eigenvalue weighted by atomic mass is 10.1. The fourth-order valence-electron chi connectivity index (χ4n) is 0.969. The van der Waals surface area contributed by atoms with Crippen molar-refractivity contribution >= 4 is 18.1 Å². The summed E-state index contributed by atoms with van der Waals surface area (Å²) in [6.07, 6.45) is 4.79. The maximum absolute atomic E-state index is 10.1. The zero-order valence-electron chi connectivity index (χ0n) is 10.2. The average molecular weight is 230 g/mol. The summed E-state index contributed by atoms with van der Waals surface area (Å²) >= 11 is 0. The van der Waals surface area contributed by atoms with Gasteiger partial charge in [0.05, 0.1) is 6.61 Å². The van der Waals surface area contributed by atoms with Crippen LogP contribution in [0.1, 0.15) is 18.1 Å². The number of carbonyl (C=O) groups is 1. The van der Waals surface area contributed by atoms with Gasteiger partial charge in [-0.25, -0.2) is 4.79 Å². The summed E-state index contributed by atoms with van der Waals surface area (Å²) in [5, 5.41) is 0. The molecule has 1 aromatic carbocycles. The molecular formula is C15H18O2. The van der Waals surface area contributed by atoms with Crippen molar-refractivity contribution in [1.82, 2.24) is 0 Å². The molecule has 0 fully saturated rings. The molecule has 0 heterocycles. The van der Waals surface area contributed by atoms with Gasteiger partial charge in [0.15, 0.2) is 0 Å². The Balaban J connectivity index is 0.000000325. The SMILES string of the molecule is C=CC(=O)OCC.C=Cc1ccc(C=C)cc1. The molecule has 0 atom stereocenters. The second kappa shape index (κ2) is 9.16. The molecule has 0 aliphatic rings. The molecule has 90 valence electrons. The molecule has 0 unspecified atom stereocenters. The number of esters is 1. The fourth-order valence-corrected chi connectivity index (χ4v) is 0.969. The van der Waals surface area contributed by atoms with Crippen LogP contribution in [-0.2, 0) is 9.53 Å². The van der Waals surface area contributed by atoms with E-state index < -0.39 is 0 Å². The standard InChI is InChI=1S/C10H10.C5H8O2/c1-3-9-5-7-10(4-2)8-6-9;1-3-5(6)7-4-2/h3-8H,1-2H2;3H,1,4H2,2H3. The highest BCUT2D eigenvalue weighted by molar-refractivity contribution is 5.81. The predicted octanol–water partition coefficient (Wildman–Crippen LogP) is 3.71. The van der Waals surface area contributed by atoms with Crippen LogP contribution in [0.4, 0.5) is 0 Å². The van der Waals surface area contributed by atoms with E-state index in [4.69, 9.17) is 0 Å². The molecule has 0 aliphatic carbocycles. The summed E-state index contributed by atoms with van der Waals surface area (Å²) in [7, 11) is 0. The number of hydrogen-bond acceptors (Lipinski definition) is 2. The molecule has 0 radical (unpaired) electrons. The molecule has 2 heteroatoms. The molecule has 2 nitrogen and oxygen atoms in total. The lowest BCUT2D eigenvalue weighted by molar-refractivity contribution is -0.137. The smallest absolute Gasteiger partial charge is 0.330 e. The Morgan fingerprint density at radius 3 is 1.71 bits per heavy atom. The van der Waals surface area contributed by atoms with Crippen LogP contribution in [0.15, 0.2) is 50.1 Å². The molecule has 0 aromatic heterocycles. The van der Waals surface area contributed by atoms with E-state index in [1.165, 1.54) is 0 Å². The summed E-state index contributed by atoms with van der Waals surface area (Å²) in [5.74, 6) is -0.359. The molecule has 17 heavy (non-hydrogen) atoms. The van der Waals surface area contributed by atoms with Gasteiger partial charge >= 0.3 is 5.97 Å². The summed E-state index contributed by atoms with van der Waals surface area (Å²) in [6.45, 7) is 12.7. The Kier molecular flexibility index (Phi) is 8.03. The zero-order valence-corrected chi connectivity index (χ0v) is 10.2. The minimum absolute atomic E-state index is 0.359. The minimum atomic E-state index is -0.359. The quantitative estimate of drug-likeness (QED) is 0.582. The van der Waals surface area contributed by atoms with Gasteiger partial charge in [0.2, 0.25) is 0 Å². The minimum Gasteiger partial charge on any atom is -0.463 e. The van der Waals surface area contributed by atoms with Crippen molar-refractivity contribution in [2.24, 2.45) is 0 Å². The van der Waals surface area contributed by atoms with E-state index in [0.717, 1.165) is 17.2 Å². The van der Waals surface area contributed by atoms with Crippen molar-refractivity contribution in [3.05, 3.63) is 61.2 Å². The Labute approximate surface area is 103 Å². The van der Waals surface area contributed by atoms with E-state index in [0.29, 0.717) is 6.61 Å². The highest BCUT2D eigenvalue weighted by Gasteiger charge is 1.86. The lowest BCUT2D eigenvalue weighted by Crippen LogP contribution is -1.97. The maximum atomic E-state index is 10.1. The second-order valence-corrected chi connectivity index (χ2v) is 3.03. The van der Waals surface area contributed by atoms with Crippen LogP contribution in [0.3, 0.4) is 0 Å². The van der Waals surface area contributed by atoms with Crippen molar-refractivity contribution in [3.63, 3.8) is 0 Å². The van der Waals surface area contributed by atoms with E-state index in [1.807, 2.05) is 36.4 Å². The van der Waals surface area contributed by atoms with E-state index in [-0.39, 0.29) is 5.97 Å². The van der Waals surface area contributed by atoms with Crippen molar-refractivity contribution in [2.75, 3.05) is 6.61 Å². The van der Waals surface area contributed by atoms with Crippen molar-refractivity contribution in [2.45, 2.75) is 6.92 Å². The Hall–Kier alpha value is -2.09. The summed E-state index contributed by atoms with van der Waals surface area (Å²) in [5.41, 5.74) is 2.29. The molecule has 1 aromatic rings. The van der Waals surface area contributed by atoms with E-state index >= 15 is 0 Å².